The topological polar surface area (TPSA) is 67.4 Å². The molecule has 0 aromatic carbocycles. The number of nitrogens with one attached hydrogen (secondary N) is 2. The minimum atomic E-state index is -0.798. The molecule has 0 aromatic heterocycles. The number of hydrogen-bond donors (Lipinski definition) is 2. The molecule has 0 saturated carbocycles. The van der Waals surface area contributed by atoms with E-state index in [1.165, 1.54) is 0 Å². The highest BCUT2D eigenvalue weighted by Crippen LogP contribution is 2.21. The Hall–Kier alpha value is -1.10. The molecule has 1 heterocycles. The Bertz CT molecular complexity index is 265. The lowest BCUT2D eigenvalue weighted by atomic mass is 9.88. The van der Waals surface area contributed by atoms with Crippen LogP contribution in [-0.2, 0) is 14.3 Å². The smallest absolute Gasteiger partial charge is 0.246 e. The van der Waals surface area contributed by atoms with E-state index in [2.05, 4.69) is 10.6 Å². The van der Waals surface area contributed by atoms with Gasteiger partial charge >= 0.3 is 0 Å². The van der Waals surface area contributed by atoms with E-state index in [0.29, 0.717) is 32.5 Å². The van der Waals surface area contributed by atoms with Crippen LogP contribution in [0.5, 0.6) is 0 Å². The van der Waals surface area contributed by atoms with Crippen LogP contribution in [0.25, 0.3) is 0 Å². The van der Waals surface area contributed by atoms with Crippen molar-refractivity contribution in [2.24, 2.45) is 0 Å². The van der Waals surface area contributed by atoms with Gasteiger partial charge in [-0.3, -0.25) is 9.59 Å². The predicted molar refractivity (Wildman–Crippen MR) is 59.9 cm³/mol. The molecule has 5 heteroatoms. The van der Waals surface area contributed by atoms with Crippen molar-refractivity contribution in [3.63, 3.8) is 0 Å². The van der Waals surface area contributed by atoms with Crippen LogP contribution in [0.3, 0.4) is 0 Å². The van der Waals surface area contributed by atoms with Gasteiger partial charge in [0, 0.05) is 31.6 Å². The van der Waals surface area contributed by atoms with Crippen molar-refractivity contribution in [1.29, 1.82) is 0 Å². The molecule has 0 atom stereocenters. The van der Waals surface area contributed by atoms with E-state index >= 15 is 0 Å². The molecule has 2 amide bonds. The molecule has 0 radical (unpaired) electrons. The summed E-state index contributed by atoms with van der Waals surface area (Å²) in [5.41, 5.74) is -1.10. The number of amides is 2. The van der Waals surface area contributed by atoms with Gasteiger partial charge in [-0.15, -0.1) is 0 Å². The van der Waals surface area contributed by atoms with Crippen LogP contribution in [0, 0.1) is 0 Å². The number of carbonyl (C=O) groups is 2. The zero-order chi connectivity index (χ0) is 12.2. The standard InChI is InChI=1S/C11H20N2O3/c1-10(2,3)13-9(15)11(12-8-14)4-6-16-7-5-11/h8H,4-7H2,1-3H3,(H,12,14)(H,13,15). The van der Waals surface area contributed by atoms with Gasteiger partial charge < -0.3 is 15.4 Å². The van der Waals surface area contributed by atoms with E-state index in [4.69, 9.17) is 4.74 Å². The fourth-order valence-corrected chi connectivity index (χ4v) is 1.73. The van der Waals surface area contributed by atoms with Crippen molar-refractivity contribution in [3.8, 4) is 0 Å². The Morgan fingerprint density at radius 2 is 1.88 bits per heavy atom. The van der Waals surface area contributed by atoms with Crippen LogP contribution >= 0.6 is 0 Å². The number of ether oxygens (including phenoxy) is 1. The molecule has 92 valence electrons. The molecular formula is C11H20N2O3. The van der Waals surface area contributed by atoms with E-state index in [1.54, 1.807) is 0 Å². The van der Waals surface area contributed by atoms with Crippen LogP contribution in [-0.4, -0.2) is 36.6 Å². The first-order chi connectivity index (χ1) is 7.40. The van der Waals surface area contributed by atoms with E-state index in [0.717, 1.165) is 0 Å². The second-order valence-electron chi connectivity index (χ2n) is 5.16. The summed E-state index contributed by atoms with van der Waals surface area (Å²) in [6.07, 6.45) is 1.63. The predicted octanol–water partition coefficient (Wildman–Crippen LogP) is 0.196. The number of rotatable bonds is 3. The molecule has 1 aliphatic rings. The lowest BCUT2D eigenvalue weighted by Gasteiger charge is -2.37. The first-order valence-electron chi connectivity index (χ1n) is 5.51. The van der Waals surface area contributed by atoms with Crippen LogP contribution < -0.4 is 10.6 Å². The number of hydrogen-bond acceptors (Lipinski definition) is 3. The minimum Gasteiger partial charge on any atom is -0.381 e. The highest BCUT2D eigenvalue weighted by atomic mass is 16.5. The van der Waals surface area contributed by atoms with Crippen molar-refractivity contribution in [2.45, 2.75) is 44.7 Å². The summed E-state index contributed by atoms with van der Waals surface area (Å²) in [6.45, 7) is 6.74. The first-order valence-corrected chi connectivity index (χ1v) is 5.51. The van der Waals surface area contributed by atoms with Gasteiger partial charge in [-0.25, -0.2) is 0 Å². The monoisotopic (exact) mass is 228 g/mol. The fraction of sp³-hybridized carbons (Fsp3) is 0.818. The van der Waals surface area contributed by atoms with E-state index in [-0.39, 0.29) is 11.4 Å². The van der Waals surface area contributed by atoms with Crippen LogP contribution in [0.4, 0.5) is 0 Å². The highest BCUT2D eigenvalue weighted by molar-refractivity contribution is 5.88. The average Bonchev–Trinajstić information content (AvgIpc) is 2.17. The third-order valence-electron chi connectivity index (χ3n) is 2.60. The van der Waals surface area contributed by atoms with Crippen molar-refractivity contribution >= 4 is 12.3 Å². The Morgan fingerprint density at radius 1 is 1.31 bits per heavy atom. The molecule has 0 spiro atoms. The maximum Gasteiger partial charge on any atom is 0.246 e. The van der Waals surface area contributed by atoms with Crippen LogP contribution in [0.2, 0.25) is 0 Å². The number of carbonyl (C=O) groups excluding carboxylic acids is 2. The summed E-state index contributed by atoms with van der Waals surface area (Å²) in [6, 6.07) is 0. The quantitative estimate of drug-likeness (QED) is 0.678. The second-order valence-corrected chi connectivity index (χ2v) is 5.16. The third-order valence-corrected chi connectivity index (χ3v) is 2.60. The normalized spacial score (nSPS) is 19.9. The Kier molecular flexibility index (Phi) is 3.91. The van der Waals surface area contributed by atoms with E-state index in [1.807, 2.05) is 20.8 Å². The minimum absolute atomic E-state index is 0.129. The molecule has 2 N–H and O–H groups in total. The van der Waals surface area contributed by atoms with Gasteiger partial charge in [0.1, 0.15) is 5.54 Å². The summed E-state index contributed by atoms with van der Waals surface area (Å²) in [5, 5.41) is 5.55. The Labute approximate surface area is 95.9 Å². The molecule has 0 unspecified atom stereocenters. The lowest BCUT2D eigenvalue weighted by Crippen LogP contribution is -2.62. The maximum absolute atomic E-state index is 12.1. The highest BCUT2D eigenvalue weighted by Gasteiger charge is 2.40. The third kappa shape index (κ3) is 3.20. The van der Waals surface area contributed by atoms with Gasteiger partial charge in [0.2, 0.25) is 12.3 Å². The van der Waals surface area contributed by atoms with Crippen LogP contribution in [0.15, 0.2) is 0 Å². The zero-order valence-corrected chi connectivity index (χ0v) is 10.1. The molecule has 0 aliphatic carbocycles. The summed E-state index contributed by atoms with van der Waals surface area (Å²) in [4.78, 5) is 22.8. The van der Waals surface area contributed by atoms with Crippen molar-refractivity contribution < 1.29 is 14.3 Å². The molecule has 0 bridgehead atoms. The molecule has 16 heavy (non-hydrogen) atoms. The molecule has 1 saturated heterocycles. The van der Waals surface area contributed by atoms with Gasteiger partial charge in [-0.05, 0) is 20.8 Å². The zero-order valence-electron chi connectivity index (χ0n) is 10.1. The van der Waals surface area contributed by atoms with Gasteiger partial charge in [0.25, 0.3) is 0 Å². The van der Waals surface area contributed by atoms with Gasteiger partial charge in [-0.1, -0.05) is 0 Å². The second kappa shape index (κ2) is 4.82. The largest absolute Gasteiger partial charge is 0.381 e. The summed E-state index contributed by atoms with van der Waals surface area (Å²) in [7, 11) is 0. The average molecular weight is 228 g/mol. The van der Waals surface area contributed by atoms with Gasteiger partial charge in [-0.2, -0.15) is 0 Å². The fourth-order valence-electron chi connectivity index (χ4n) is 1.73. The molecule has 0 aromatic rings. The lowest BCUT2D eigenvalue weighted by molar-refractivity contribution is -0.135. The van der Waals surface area contributed by atoms with E-state index in [9.17, 15) is 9.59 Å². The van der Waals surface area contributed by atoms with Crippen molar-refractivity contribution in [3.05, 3.63) is 0 Å². The SMILES string of the molecule is CC(C)(C)NC(=O)C1(NC=O)CCOCC1. The van der Waals surface area contributed by atoms with Gasteiger partial charge in [0.05, 0.1) is 0 Å². The molecule has 5 nitrogen and oxygen atoms in total. The molecule has 1 fully saturated rings. The first kappa shape index (κ1) is 13.0. The Balaban J connectivity index is 2.75. The molecule has 1 aliphatic heterocycles. The molecule has 1 rings (SSSR count). The van der Waals surface area contributed by atoms with Crippen LogP contribution in [0.1, 0.15) is 33.6 Å². The van der Waals surface area contributed by atoms with E-state index < -0.39 is 5.54 Å². The van der Waals surface area contributed by atoms with Gasteiger partial charge in [0.15, 0.2) is 0 Å². The molecular weight excluding hydrogens is 208 g/mol. The summed E-state index contributed by atoms with van der Waals surface area (Å²) >= 11 is 0. The summed E-state index contributed by atoms with van der Waals surface area (Å²) < 4.78 is 5.22. The van der Waals surface area contributed by atoms with Crippen molar-refractivity contribution in [1.82, 2.24) is 10.6 Å². The van der Waals surface area contributed by atoms with Crippen molar-refractivity contribution in [2.75, 3.05) is 13.2 Å². The Morgan fingerprint density at radius 3 is 2.31 bits per heavy atom. The maximum atomic E-state index is 12.1. The summed E-state index contributed by atoms with van der Waals surface area (Å²) in [5.74, 6) is -0.129.